The largest absolute Gasteiger partial charge is 0.478 e. The molecule has 0 radical (unpaired) electrons. The van der Waals surface area contributed by atoms with Gasteiger partial charge in [0.15, 0.2) is 0 Å². The Labute approximate surface area is 136 Å². The summed E-state index contributed by atoms with van der Waals surface area (Å²) in [4.78, 5) is 11.5. The van der Waals surface area contributed by atoms with E-state index in [1.165, 1.54) is 12.1 Å². The molecule has 116 valence electrons. The number of carboxylic acids is 1. The maximum absolute atomic E-state index is 12.3. The molecule has 0 spiro atoms. The zero-order valence-electron chi connectivity index (χ0n) is 12.2. The minimum atomic E-state index is -1.32. The Kier molecular flexibility index (Phi) is 4.50. The lowest BCUT2D eigenvalue weighted by molar-refractivity contribution is 0.0697. The SMILES string of the molecule is O=C(O)c1ccc(CNS(=O)c2ccc3ccccc3c2)cc1. The maximum atomic E-state index is 12.3. The van der Waals surface area contributed by atoms with Gasteiger partial charge in [-0.05, 0) is 40.6 Å². The summed E-state index contributed by atoms with van der Waals surface area (Å²) in [5.74, 6) is -0.954. The molecular formula is C18H15NO3S. The third-order valence-electron chi connectivity index (χ3n) is 3.54. The van der Waals surface area contributed by atoms with Crippen molar-refractivity contribution in [2.45, 2.75) is 11.4 Å². The van der Waals surface area contributed by atoms with Crippen LogP contribution in [-0.2, 0) is 17.5 Å². The topological polar surface area (TPSA) is 66.4 Å². The molecule has 5 heteroatoms. The average Bonchev–Trinajstić information content (AvgIpc) is 2.59. The molecule has 0 aliphatic rings. The van der Waals surface area contributed by atoms with Crippen LogP contribution in [0.1, 0.15) is 15.9 Å². The first-order chi connectivity index (χ1) is 11.1. The molecule has 0 saturated carbocycles. The lowest BCUT2D eigenvalue weighted by atomic mass is 10.1. The highest BCUT2D eigenvalue weighted by molar-refractivity contribution is 7.83. The monoisotopic (exact) mass is 325 g/mol. The number of carboxylic acid groups (broad SMARTS) is 1. The molecule has 0 aliphatic carbocycles. The van der Waals surface area contributed by atoms with E-state index in [0.29, 0.717) is 11.4 Å². The van der Waals surface area contributed by atoms with E-state index in [-0.39, 0.29) is 5.56 Å². The van der Waals surface area contributed by atoms with Gasteiger partial charge in [-0.3, -0.25) is 0 Å². The van der Waals surface area contributed by atoms with E-state index in [0.717, 1.165) is 16.3 Å². The van der Waals surface area contributed by atoms with Crippen LogP contribution in [0, 0.1) is 0 Å². The van der Waals surface area contributed by atoms with Gasteiger partial charge in [0.25, 0.3) is 0 Å². The summed E-state index contributed by atoms with van der Waals surface area (Å²) < 4.78 is 15.3. The fourth-order valence-electron chi connectivity index (χ4n) is 2.28. The Morgan fingerprint density at radius 3 is 2.35 bits per heavy atom. The standard InChI is InChI=1S/C18H15NO3S/c20-18(21)15-7-5-13(6-8-15)12-19-23(22)17-10-9-14-3-1-2-4-16(14)11-17/h1-11,19H,12H2,(H,20,21). The summed E-state index contributed by atoms with van der Waals surface area (Å²) in [6.45, 7) is 0.402. The molecule has 0 heterocycles. The molecule has 4 nitrogen and oxygen atoms in total. The summed E-state index contributed by atoms with van der Waals surface area (Å²) >= 11 is 0. The van der Waals surface area contributed by atoms with Crippen molar-refractivity contribution in [1.82, 2.24) is 4.72 Å². The van der Waals surface area contributed by atoms with Crippen molar-refractivity contribution in [3.05, 3.63) is 77.9 Å². The number of hydrogen-bond donors (Lipinski definition) is 2. The van der Waals surface area contributed by atoms with Crippen molar-refractivity contribution in [3.63, 3.8) is 0 Å². The Morgan fingerprint density at radius 1 is 0.957 bits per heavy atom. The fourth-order valence-corrected chi connectivity index (χ4v) is 3.17. The molecule has 1 unspecified atom stereocenters. The molecule has 2 N–H and O–H groups in total. The summed E-state index contributed by atoms with van der Waals surface area (Å²) in [7, 11) is -1.32. The second-order valence-corrected chi connectivity index (χ2v) is 6.40. The van der Waals surface area contributed by atoms with Crippen LogP contribution in [0.5, 0.6) is 0 Å². The lowest BCUT2D eigenvalue weighted by Gasteiger charge is -2.07. The summed E-state index contributed by atoms with van der Waals surface area (Å²) in [5.41, 5.74) is 1.12. The Bertz CT molecular complexity index is 875. The van der Waals surface area contributed by atoms with E-state index in [1.54, 1.807) is 12.1 Å². The van der Waals surface area contributed by atoms with Gasteiger partial charge in [0.2, 0.25) is 0 Å². The molecule has 0 aliphatic heterocycles. The second-order valence-electron chi connectivity index (χ2n) is 5.10. The van der Waals surface area contributed by atoms with Gasteiger partial charge in [0.05, 0.1) is 10.5 Å². The molecule has 0 saturated heterocycles. The number of nitrogens with one attached hydrogen (secondary N) is 1. The number of benzene rings is 3. The molecular weight excluding hydrogens is 310 g/mol. The zero-order chi connectivity index (χ0) is 16.2. The molecule has 3 aromatic carbocycles. The first kappa shape index (κ1) is 15.4. The quantitative estimate of drug-likeness (QED) is 0.756. The zero-order valence-corrected chi connectivity index (χ0v) is 13.0. The molecule has 3 rings (SSSR count). The minimum absolute atomic E-state index is 0.240. The number of aromatic carboxylic acids is 1. The van der Waals surface area contributed by atoms with Crippen molar-refractivity contribution >= 4 is 27.7 Å². The maximum Gasteiger partial charge on any atom is 0.335 e. The van der Waals surface area contributed by atoms with E-state index in [4.69, 9.17) is 5.11 Å². The predicted molar refractivity (Wildman–Crippen MR) is 90.6 cm³/mol. The van der Waals surface area contributed by atoms with E-state index < -0.39 is 17.0 Å². The van der Waals surface area contributed by atoms with E-state index in [1.807, 2.05) is 42.5 Å². The van der Waals surface area contributed by atoms with Crippen molar-refractivity contribution < 1.29 is 14.1 Å². The van der Waals surface area contributed by atoms with Gasteiger partial charge in [-0.25, -0.2) is 13.7 Å². The molecule has 3 aromatic rings. The van der Waals surface area contributed by atoms with Crippen LogP contribution in [0.25, 0.3) is 10.8 Å². The lowest BCUT2D eigenvalue weighted by Crippen LogP contribution is -2.16. The number of fused-ring (bicyclic) bond motifs is 1. The molecule has 0 amide bonds. The van der Waals surface area contributed by atoms with E-state index in [2.05, 4.69) is 4.72 Å². The highest BCUT2D eigenvalue weighted by Gasteiger charge is 2.06. The van der Waals surface area contributed by atoms with Crippen molar-refractivity contribution in [3.8, 4) is 0 Å². The van der Waals surface area contributed by atoms with Crippen molar-refractivity contribution in [2.24, 2.45) is 0 Å². The Balaban J connectivity index is 1.69. The molecule has 23 heavy (non-hydrogen) atoms. The average molecular weight is 325 g/mol. The minimum Gasteiger partial charge on any atom is -0.478 e. The van der Waals surface area contributed by atoms with E-state index in [9.17, 15) is 9.00 Å². The summed E-state index contributed by atoms with van der Waals surface area (Å²) in [6, 6.07) is 20.1. The van der Waals surface area contributed by atoms with Gasteiger partial charge in [0.1, 0.15) is 11.0 Å². The molecule has 0 bridgehead atoms. The third-order valence-corrected chi connectivity index (χ3v) is 4.63. The Hall–Kier alpha value is -2.50. The predicted octanol–water partition coefficient (Wildman–Crippen LogP) is 3.35. The first-order valence-corrected chi connectivity index (χ1v) is 8.25. The van der Waals surface area contributed by atoms with Crippen LogP contribution in [-0.4, -0.2) is 15.3 Å². The Morgan fingerprint density at radius 2 is 1.65 bits per heavy atom. The molecule has 1 atom stereocenters. The van der Waals surface area contributed by atoms with Gasteiger partial charge in [0, 0.05) is 6.54 Å². The number of carbonyl (C=O) groups is 1. The van der Waals surface area contributed by atoms with Crippen LogP contribution in [0.3, 0.4) is 0 Å². The smallest absolute Gasteiger partial charge is 0.335 e. The normalized spacial score (nSPS) is 12.2. The first-order valence-electron chi connectivity index (χ1n) is 7.10. The number of hydrogen-bond acceptors (Lipinski definition) is 2. The highest BCUT2D eigenvalue weighted by atomic mass is 32.2. The van der Waals surface area contributed by atoms with Gasteiger partial charge in [-0.2, -0.15) is 0 Å². The van der Waals surface area contributed by atoms with Gasteiger partial charge < -0.3 is 5.11 Å². The molecule has 0 aromatic heterocycles. The molecule has 0 fully saturated rings. The van der Waals surface area contributed by atoms with Gasteiger partial charge >= 0.3 is 5.97 Å². The summed E-state index contributed by atoms with van der Waals surface area (Å²) in [5, 5.41) is 11.0. The number of rotatable bonds is 5. The van der Waals surface area contributed by atoms with Crippen LogP contribution in [0.2, 0.25) is 0 Å². The van der Waals surface area contributed by atoms with Gasteiger partial charge in [-0.1, -0.05) is 42.5 Å². The van der Waals surface area contributed by atoms with Crippen molar-refractivity contribution in [2.75, 3.05) is 0 Å². The van der Waals surface area contributed by atoms with Crippen molar-refractivity contribution in [1.29, 1.82) is 0 Å². The summed E-state index contributed by atoms with van der Waals surface area (Å²) in [6.07, 6.45) is 0. The fraction of sp³-hybridized carbons (Fsp3) is 0.0556. The van der Waals surface area contributed by atoms with Crippen LogP contribution in [0.4, 0.5) is 0 Å². The van der Waals surface area contributed by atoms with E-state index >= 15 is 0 Å². The second kappa shape index (κ2) is 6.73. The third kappa shape index (κ3) is 3.64. The van der Waals surface area contributed by atoms with Crippen LogP contribution in [0.15, 0.2) is 71.6 Å². The van der Waals surface area contributed by atoms with Crippen LogP contribution >= 0.6 is 0 Å². The van der Waals surface area contributed by atoms with Gasteiger partial charge in [-0.15, -0.1) is 0 Å². The van der Waals surface area contributed by atoms with Crippen LogP contribution < -0.4 is 4.72 Å². The highest BCUT2D eigenvalue weighted by Crippen LogP contribution is 2.17.